The Morgan fingerprint density at radius 1 is 1.19 bits per heavy atom. The van der Waals surface area contributed by atoms with Crippen LogP contribution in [-0.4, -0.2) is 42.9 Å². The normalized spacial score (nSPS) is 10.9. The van der Waals surface area contributed by atoms with Gasteiger partial charge in [0.2, 0.25) is 11.6 Å². The number of fused-ring (bicyclic) bond motifs is 1. The third-order valence-corrected chi connectivity index (χ3v) is 1.24. The zero-order chi connectivity index (χ0) is 12.3. The molecule has 0 aromatic carbocycles. The number of rotatable bonds is 0. The van der Waals surface area contributed by atoms with Crippen LogP contribution >= 0.6 is 0 Å². The Kier molecular flexibility index (Phi) is 3.17. The molecule has 16 heavy (non-hydrogen) atoms. The van der Waals surface area contributed by atoms with E-state index in [0.717, 1.165) is 0 Å². The maximum absolute atomic E-state index is 8.74. The topological polar surface area (TPSA) is 194 Å². The Balaban J connectivity index is 0.000000221. The zero-order valence-corrected chi connectivity index (χ0v) is 8.38. The smallest absolute Gasteiger partial charge is 0.382 e. The molecule has 11 nitrogen and oxygen atoms in total. The second-order valence-electron chi connectivity index (χ2n) is 2.43. The number of H-pyrrole nitrogens is 1. The highest BCUT2D eigenvalue weighted by Crippen LogP contribution is 2.11. The Bertz CT molecular complexity index is 583. The molecule has 0 bridgehead atoms. The summed E-state index contributed by atoms with van der Waals surface area (Å²) in [6.45, 7) is 0. The highest BCUT2D eigenvalue weighted by Gasteiger charge is 2.04. The van der Waals surface area contributed by atoms with Gasteiger partial charge in [-0.15, -0.1) is 5.10 Å². The number of hydrogen-bond acceptors (Lipinski definition) is 8. The summed E-state index contributed by atoms with van der Waals surface area (Å²) in [5.41, 5.74) is 11.7. The monoisotopic (exact) mass is 249 g/mol. The van der Waals surface area contributed by atoms with Crippen molar-refractivity contribution in [1.82, 2.24) is 25.4 Å². The zero-order valence-electron chi connectivity index (χ0n) is 7.56. The molecule has 0 saturated carbocycles. The Hall–Kier alpha value is -2.05. The molecule has 2 aromatic heterocycles. The van der Waals surface area contributed by atoms with Crippen LogP contribution in [0.2, 0.25) is 0 Å². The molecule has 0 spiro atoms. The molecule has 0 aliphatic rings. The minimum Gasteiger partial charge on any atom is -0.382 e. The van der Waals surface area contributed by atoms with Crippen molar-refractivity contribution in [3.8, 4) is 0 Å². The van der Waals surface area contributed by atoms with Gasteiger partial charge in [0, 0.05) is 0 Å². The molecule has 0 amide bonds. The van der Waals surface area contributed by atoms with Crippen molar-refractivity contribution >= 4 is 33.3 Å². The van der Waals surface area contributed by atoms with Crippen LogP contribution < -0.4 is 11.5 Å². The number of nitrogens with one attached hydrogen (secondary N) is 1. The largest absolute Gasteiger partial charge is 0.394 e. The van der Waals surface area contributed by atoms with Crippen molar-refractivity contribution < 1.29 is 17.5 Å². The van der Waals surface area contributed by atoms with Gasteiger partial charge in [0.05, 0.1) is 0 Å². The second-order valence-corrected chi connectivity index (χ2v) is 3.32. The molecule has 0 saturated heterocycles. The lowest BCUT2D eigenvalue weighted by Crippen LogP contribution is -1.99. The lowest BCUT2D eigenvalue weighted by Gasteiger charge is -1.93. The Labute approximate surface area is 88.5 Å². The van der Waals surface area contributed by atoms with Crippen LogP contribution in [-0.2, 0) is 10.4 Å². The molecule has 7 N–H and O–H groups in total. The molecule has 2 aromatic rings. The first-order chi connectivity index (χ1) is 7.27. The first-order valence-corrected chi connectivity index (χ1v) is 4.96. The van der Waals surface area contributed by atoms with Crippen LogP contribution in [0.25, 0.3) is 11.2 Å². The third-order valence-electron chi connectivity index (χ3n) is 1.24. The second kappa shape index (κ2) is 4.21. The van der Waals surface area contributed by atoms with E-state index < -0.39 is 10.4 Å². The van der Waals surface area contributed by atoms with Gasteiger partial charge in [0.15, 0.2) is 5.82 Å². The van der Waals surface area contributed by atoms with Gasteiger partial charge in [0.25, 0.3) is 0 Å². The summed E-state index contributed by atoms with van der Waals surface area (Å²) >= 11 is 0. The molecule has 0 aliphatic heterocycles. The quantitative estimate of drug-likeness (QED) is 0.334. The van der Waals surface area contributed by atoms with E-state index in [1.54, 1.807) is 0 Å². The number of anilines is 2. The van der Waals surface area contributed by atoms with Gasteiger partial charge in [-0.2, -0.15) is 18.4 Å². The molecule has 0 atom stereocenters. The molecular weight excluding hydrogens is 242 g/mol. The van der Waals surface area contributed by atoms with Crippen LogP contribution in [0.15, 0.2) is 0 Å². The van der Waals surface area contributed by atoms with Crippen LogP contribution in [0.4, 0.5) is 11.8 Å². The van der Waals surface area contributed by atoms with Crippen LogP contribution in [0.1, 0.15) is 0 Å². The van der Waals surface area contributed by atoms with Gasteiger partial charge in [-0.1, -0.05) is 5.21 Å². The number of aromatic nitrogens is 5. The highest BCUT2D eigenvalue weighted by atomic mass is 32.3. The third kappa shape index (κ3) is 3.60. The van der Waals surface area contributed by atoms with E-state index in [-0.39, 0.29) is 11.8 Å². The van der Waals surface area contributed by atoms with Crippen molar-refractivity contribution in [2.24, 2.45) is 0 Å². The van der Waals surface area contributed by atoms with Crippen molar-refractivity contribution in [1.29, 1.82) is 0 Å². The lowest BCUT2D eigenvalue weighted by atomic mass is 10.5. The molecule has 2 heterocycles. The van der Waals surface area contributed by atoms with E-state index >= 15 is 0 Å². The van der Waals surface area contributed by atoms with E-state index in [4.69, 9.17) is 29.0 Å². The summed E-state index contributed by atoms with van der Waals surface area (Å²) in [5, 5.41) is 9.66. The first-order valence-electron chi connectivity index (χ1n) is 3.57. The summed E-state index contributed by atoms with van der Waals surface area (Å²) in [4.78, 5) is 7.49. The van der Waals surface area contributed by atoms with E-state index in [9.17, 15) is 0 Å². The van der Waals surface area contributed by atoms with Gasteiger partial charge in [0.1, 0.15) is 5.52 Å². The maximum atomic E-state index is 8.74. The molecule has 0 radical (unpaired) electrons. The van der Waals surface area contributed by atoms with Gasteiger partial charge in [-0.3, -0.25) is 14.2 Å². The van der Waals surface area contributed by atoms with E-state index in [1.165, 1.54) is 0 Å². The molecule has 2 rings (SSSR count). The summed E-state index contributed by atoms with van der Waals surface area (Å²) < 4.78 is 31.6. The molecule has 0 unspecified atom stereocenters. The fourth-order valence-electron chi connectivity index (χ4n) is 0.785. The predicted octanol–water partition coefficient (Wildman–Crippen LogP) is -1.74. The number of nitrogens with two attached hydrogens (primary N) is 2. The fraction of sp³-hybridized carbons (Fsp3) is 0. The number of nitrogen functional groups attached to an aromatic ring is 2. The van der Waals surface area contributed by atoms with Gasteiger partial charge < -0.3 is 11.5 Å². The van der Waals surface area contributed by atoms with Crippen molar-refractivity contribution in [2.75, 3.05) is 11.5 Å². The molecule has 0 aliphatic carbocycles. The summed E-state index contributed by atoms with van der Waals surface area (Å²) in [5.74, 6) is 0.362. The number of nitrogens with zero attached hydrogens (tertiary/aromatic N) is 4. The van der Waals surface area contributed by atoms with Crippen molar-refractivity contribution in [3.05, 3.63) is 0 Å². The van der Waals surface area contributed by atoms with Gasteiger partial charge >= 0.3 is 10.4 Å². The molecule has 12 heteroatoms. The highest BCUT2D eigenvalue weighted by molar-refractivity contribution is 7.79. The lowest BCUT2D eigenvalue weighted by molar-refractivity contribution is 0.381. The summed E-state index contributed by atoms with van der Waals surface area (Å²) in [7, 11) is -4.67. The number of hydrogen-bond donors (Lipinski definition) is 5. The van der Waals surface area contributed by atoms with E-state index in [1.807, 2.05) is 0 Å². The standard InChI is InChI=1S/C4H5N7.H2O4S/c5-2-1-3(10-11-9-1)8-4(6)7-2;1-5(2,3)4/h(H5,5,6,7,8,9,10,11);(H2,1,2,3,4). The summed E-state index contributed by atoms with van der Waals surface area (Å²) in [6, 6.07) is 0. The summed E-state index contributed by atoms with van der Waals surface area (Å²) in [6.07, 6.45) is 0. The van der Waals surface area contributed by atoms with Crippen LogP contribution in [0.3, 0.4) is 0 Å². The fourth-order valence-corrected chi connectivity index (χ4v) is 0.785. The SMILES string of the molecule is Nc1nc(N)c2[nH]nnc2n1.O=S(=O)(O)O. The predicted molar refractivity (Wildman–Crippen MR) is 52.5 cm³/mol. The average molecular weight is 249 g/mol. The Morgan fingerprint density at radius 3 is 2.31 bits per heavy atom. The maximum Gasteiger partial charge on any atom is 0.394 e. The van der Waals surface area contributed by atoms with Gasteiger partial charge in [-0.05, 0) is 0 Å². The van der Waals surface area contributed by atoms with E-state index in [0.29, 0.717) is 11.2 Å². The minimum absolute atomic E-state index is 0.101. The first kappa shape index (κ1) is 12.0. The van der Waals surface area contributed by atoms with Crippen molar-refractivity contribution in [3.63, 3.8) is 0 Å². The van der Waals surface area contributed by atoms with Crippen LogP contribution in [0.5, 0.6) is 0 Å². The average Bonchev–Trinajstić information content (AvgIpc) is 2.47. The Morgan fingerprint density at radius 2 is 1.75 bits per heavy atom. The van der Waals surface area contributed by atoms with E-state index in [2.05, 4.69) is 25.4 Å². The molecule has 0 fully saturated rings. The van der Waals surface area contributed by atoms with Crippen molar-refractivity contribution in [2.45, 2.75) is 0 Å². The van der Waals surface area contributed by atoms with Gasteiger partial charge in [-0.25, -0.2) is 0 Å². The molecular formula is C4H7N7O4S. The minimum atomic E-state index is -4.67. The molecule has 88 valence electrons. The van der Waals surface area contributed by atoms with Crippen LogP contribution in [0, 0.1) is 0 Å². The number of aromatic amines is 1.